The number of allylic oxidation sites excluding steroid dienone is 2. The van der Waals surface area contributed by atoms with Gasteiger partial charge in [0, 0.05) is 32.8 Å². The molecule has 2 atom stereocenters. The second-order valence-corrected chi connectivity index (χ2v) is 9.24. The molecule has 6 nitrogen and oxygen atoms in total. The molecular formula is C23H29N4O2P. The van der Waals surface area contributed by atoms with Crippen molar-refractivity contribution in [1.82, 2.24) is 19.7 Å². The zero-order valence-electron chi connectivity index (χ0n) is 17.8. The third-order valence-electron chi connectivity index (χ3n) is 5.66. The maximum Gasteiger partial charge on any atom is 0.214 e. The molecule has 158 valence electrons. The summed E-state index contributed by atoms with van der Waals surface area (Å²) >= 11 is 0. The van der Waals surface area contributed by atoms with Crippen LogP contribution in [0.4, 0.5) is 0 Å². The Hall–Kier alpha value is -2.43. The number of aromatic nitrogens is 1. The zero-order chi connectivity index (χ0) is 21.1. The second-order valence-electron chi connectivity index (χ2n) is 7.82. The highest BCUT2D eigenvalue weighted by molar-refractivity contribution is 7.51. The summed E-state index contributed by atoms with van der Waals surface area (Å²) in [6.07, 6.45) is 10.6. The van der Waals surface area contributed by atoms with E-state index < -0.39 is 0 Å². The van der Waals surface area contributed by atoms with E-state index in [0.717, 1.165) is 61.4 Å². The number of fused-ring (bicyclic) bond motifs is 1. The molecule has 4 rings (SSSR count). The number of nitrogens with zero attached hydrogens (tertiary/aromatic N) is 4. The molecule has 1 saturated heterocycles. The third kappa shape index (κ3) is 4.50. The minimum atomic E-state index is 0.0271. The van der Waals surface area contributed by atoms with Gasteiger partial charge in [-0.2, -0.15) is 0 Å². The number of carbonyl (C=O) groups is 1. The van der Waals surface area contributed by atoms with Crippen LogP contribution in [0, 0.1) is 6.92 Å². The van der Waals surface area contributed by atoms with Crippen LogP contribution in [0.1, 0.15) is 24.8 Å². The van der Waals surface area contributed by atoms with E-state index in [-0.39, 0.29) is 5.78 Å². The first-order valence-corrected chi connectivity index (χ1v) is 11.5. The van der Waals surface area contributed by atoms with Crippen molar-refractivity contribution in [3.05, 3.63) is 59.8 Å². The molecule has 2 aliphatic heterocycles. The maximum atomic E-state index is 11.9. The van der Waals surface area contributed by atoms with Crippen LogP contribution < -0.4 is 0 Å². The summed E-state index contributed by atoms with van der Waals surface area (Å²) in [6, 6.07) is 6.13. The van der Waals surface area contributed by atoms with Gasteiger partial charge in [0.15, 0.2) is 11.5 Å². The van der Waals surface area contributed by atoms with E-state index in [0.29, 0.717) is 14.5 Å². The van der Waals surface area contributed by atoms with Gasteiger partial charge in [-0.25, -0.2) is 4.98 Å². The topological polar surface area (TPSA) is 52.8 Å². The van der Waals surface area contributed by atoms with Crippen molar-refractivity contribution in [2.75, 3.05) is 33.2 Å². The molecule has 30 heavy (non-hydrogen) atoms. The monoisotopic (exact) mass is 424 g/mol. The summed E-state index contributed by atoms with van der Waals surface area (Å²) < 4.78 is 5.70. The van der Waals surface area contributed by atoms with Crippen LogP contribution in [-0.4, -0.2) is 65.1 Å². The summed E-state index contributed by atoms with van der Waals surface area (Å²) in [4.78, 5) is 22.8. The van der Waals surface area contributed by atoms with Gasteiger partial charge in [-0.05, 0) is 56.0 Å². The zero-order valence-corrected chi connectivity index (χ0v) is 18.8. The summed E-state index contributed by atoms with van der Waals surface area (Å²) in [7, 11) is 2.61. The average molecular weight is 424 g/mol. The lowest BCUT2D eigenvalue weighted by molar-refractivity contribution is -0.116. The van der Waals surface area contributed by atoms with Crippen LogP contribution in [0.15, 0.2) is 52.7 Å². The predicted molar refractivity (Wildman–Crippen MR) is 123 cm³/mol. The Morgan fingerprint density at radius 1 is 1.27 bits per heavy atom. The maximum absolute atomic E-state index is 11.9. The number of hydrogen-bond donors (Lipinski definition) is 0. The molecule has 0 bridgehead atoms. The van der Waals surface area contributed by atoms with Gasteiger partial charge in [-0.1, -0.05) is 26.8 Å². The van der Waals surface area contributed by atoms with Gasteiger partial charge in [0.2, 0.25) is 6.41 Å². The average Bonchev–Trinajstić information content (AvgIpc) is 2.99. The van der Waals surface area contributed by atoms with Crippen LogP contribution in [0.5, 0.6) is 0 Å². The van der Waals surface area contributed by atoms with Crippen molar-refractivity contribution in [2.24, 2.45) is 0 Å². The molecule has 2 unspecified atom stereocenters. The van der Waals surface area contributed by atoms with E-state index in [2.05, 4.69) is 46.1 Å². The molecule has 0 aliphatic carbocycles. The molecule has 1 aromatic carbocycles. The number of benzene rings is 1. The molecule has 0 spiro atoms. The number of aryl methyl sites for hydroxylation is 1. The van der Waals surface area contributed by atoms with Crippen LogP contribution in [0.3, 0.4) is 0 Å². The fraction of sp³-hybridized carbons (Fsp3) is 0.391. The summed E-state index contributed by atoms with van der Waals surface area (Å²) in [6.45, 7) is 8.09. The van der Waals surface area contributed by atoms with Crippen LogP contribution in [0.2, 0.25) is 0 Å². The molecule has 3 heterocycles. The Labute approximate surface area is 179 Å². The third-order valence-corrected chi connectivity index (χ3v) is 7.33. The van der Waals surface area contributed by atoms with E-state index in [1.54, 1.807) is 0 Å². The lowest BCUT2D eigenvalue weighted by Gasteiger charge is -2.32. The largest absolute Gasteiger partial charge is 0.441 e. The van der Waals surface area contributed by atoms with Crippen LogP contribution in [0.25, 0.3) is 16.4 Å². The molecule has 7 heteroatoms. The highest BCUT2D eigenvalue weighted by atomic mass is 31.1. The van der Waals surface area contributed by atoms with E-state index in [1.165, 1.54) is 5.31 Å². The molecule has 0 radical (unpaired) electrons. The standard InChI is InChI=1S/C23H29N4O2P/c1-4-22(18-6-8-20-21(14-18)29-17(2)24-20)30-23-9-7-19(15-27(23)16-28)26-11-5-10-25(3)12-13-26/h4,6-9,14-16,23,30H,5,10-13H2,1-3H3/b22-4-. The first kappa shape index (κ1) is 20.8. The quantitative estimate of drug-likeness (QED) is 0.536. The van der Waals surface area contributed by atoms with E-state index in [4.69, 9.17) is 4.42 Å². The van der Waals surface area contributed by atoms with Gasteiger partial charge in [0.25, 0.3) is 0 Å². The number of carbonyl (C=O) groups excluding carboxylic acids is 1. The number of likely N-dealkylation sites (N-methyl/N-ethyl adjacent to an activating group) is 1. The molecule has 2 aromatic rings. The molecule has 1 amide bonds. The second kappa shape index (κ2) is 9.15. The van der Waals surface area contributed by atoms with Crippen molar-refractivity contribution in [3.8, 4) is 0 Å². The van der Waals surface area contributed by atoms with Gasteiger partial charge in [0.1, 0.15) is 5.52 Å². The minimum Gasteiger partial charge on any atom is -0.441 e. The Morgan fingerprint density at radius 3 is 2.93 bits per heavy atom. The van der Waals surface area contributed by atoms with Crippen molar-refractivity contribution in [3.63, 3.8) is 0 Å². The lowest BCUT2D eigenvalue weighted by atomic mass is 10.2. The van der Waals surface area contributed by atoms with Crippen molar-refractivity contribution >= 4 is 31.4 Å². The normalized spacial score (nSPS) is 21.5. The number of hydrogen-bond acceptors (Lipinski definition) is 5. The van der Waals surface area contributed by atoms with Crippen molar-refractivity contribution in [2.45, 2.75) is 26.1 Å². The molecule has 0 N–H and O–H groups in total. The molecule has 2 aliphatic rings. The fourth-order valence-electron chi connectivity index (χ4n) is 3.98. The smallest absolute Gasteiger partial charge is 0.214 e. The van der Waals surface area contributed by atoms with E-state index >= 15 is 0 Å². The van der Waals surface area contributed by atoms with Gasteiger partial charge in [0.05, 0.1) is 11.5 Å². The summed E-state index contributed by atoms with van der Waals surface area (Å²) in [5.74, 6) is 0.700. The van der Waals surface area contributed by atoms with Gasteiger partial charge < -0.3 is 19.1 Å². The molecular weight excluding hydrogens is 395 g/mol. The highest BCUT2D eigenvalue weighted by Gasteiger charge is 2.22. The first-order valence-electron chi connectivity index (χ1n) is 10.4. The van der Waals surface area contributed by atoms with Crippen LogP contribution in [-0.2, 0) is 4.79 Å². The number of rotatable bonds is 5. The first-order chi connectivity index (χ1) is 14.6. The predicted octanol–water partition coefficient (Wildman–Crippen LogP) is 4.01. The Bertz CT molecular complexity index is 1010. The Morgan fingerprint density at radius 2 is 2.13 bits per heavy atom. The number of amides is 1. The van der Waals surface area contributed by atoms with E-state index in [1.807, 2.05) is 37.1 Å². The highest BCUT2D eigenvalue weighted by Crippen LogP contribution is 2.41. The summed E-state index contributed by atoms with van der Waals surface area (Å²) in [5.41, 5.74) is 3.91. The molecule has 0 saturated carbocycles. The fourth-order valence-corrected chi connectivity index (χ4v) is 5.26. The van der Waals surface area contributed by atoms with E-state index in [9.17, 15) is 4.79 Å². The van der Waals surface area contributed by atoms with Gasteiger partial charge in [-0.15, -0.1) is 0 Å². The summed E-state index contributed by atoms with van der Waals surface area (Å²) in [5, 5.41) is 1.21. The Balaban J connectivity index is 1.50. The lowest BCUT2D eigenvalue weighted by Crippen LogP contribution is -2.33. The Kier molecular flexibility index (Phi) is 6.35. The van der Waals surface area contributed by atoms with Crippen LogP contribution >= 0.6 is 8.58 Å². The molecule has 1 aromatic heterocycles. The van der Waals surface area contributed by atoms with Crippen molar-refractivity contribution < 1.29 is 9.21 Å². The van der Waals surface area contributed by atoms with Crippen molar-refractivity contribution in [1.29, 1.82) is 0 Å². The van der Waals surface area contributed by atoms with Gasteiger partial charge in [-0.3, -0.25) is 4.79 Å². The van der Waals surface area contributed by atoms with Gasteiger partial charge >= 0.3 is 0 Å². The molecule has 1 fully saturated rings. The number of oxazole rings is 1. The minimum absolute atomic E-state index is 0.0271. The SMILES string of the molecule is C/C=C(\PC1C=CC(N2CCCN(C)CC2)=CN1C=O)c1ccc2nc(C)oc2c1.